The van der Waals surface area contributed by atoms with Crippen LogP contribution in [0.25, 0.3) is 10.9 Å². The number of hydrogen-bond acceptors (Lipinski definition) is 6. The SMILES string of the molecule is FC(F)(F)Oc1ccc2nc(Cl)nc(Nc3cnn(C4CCCCO4)c3)c2c1. The lowest BCUT2D eigenvalue weighted by atomic mass is 10.2. The maximum Gasteiger partial charge on any atom is 0.573 e. The molecule has 1 atom stereocenters. The number of anilines is 2. The zero-order chi connectivity index (χ0) is 19.7. The van der Waals surface area contributed by atoms with Crippen LogP contribution in [-0.2, 0) is 4.74 Å². The Morgan fingerprint density at radius 3 is 2.86 bits per heavy atom. The average molecular weight is 414 g/mol. The first-order valence-corrected chi connectivity index (χ1v) is 8.91. The lowest BCUT2D eigenvalue weighted by Gasteiger charge is -2.22. The molecule has 28 heavy (non-hydrogen) atoms. The molecule has 0 bridgehead atoms. The molecule has 1 N–H and O–H groups in total. The quantitative estimate of drug-likeness (QED) is 0.618. The normalized spacial score (nSPS) is 17.6. The second-order valence-electron chi connectivity index (χ2n) is 6.22. The Balaban J connectivity index is 1.63. The van der Waals surface area contributed by atoms with Crippen molar-refractivity contribution in [3.63, 3.8) is 0 Å². The van der Waals surface area contributed by atoms with Crippen LogP contribution >= 0.6 is 11.6 Å². The van der Waals surface area contributed by atoms with Crippen LogP contribution in [0.1, 0.15) is 25.5 Å². The van der Waals surface area contributed by atoms with Crippen molar-refractivity contribution in [1.82, 2.24) is 19.7 Å². The Labute approximate surface area is 162 Å². The smallest absolute Gasteiger partial charge is 0.406 e. The van der Waals surface area contributed by atoms with Crippen LogP contribution in [0, 0.1) is 0 Å². The fourth-order valence-corrected chi connectivity index (χ4v) is 3.18. The molecule has 4 rings (SSSR count). The summed E-state index contributed by atoms with van der Waals surface area (Å²) in [6, 6.07) is 3.76. The van der Waals surface area contributed by atoms with Gasteiger partial charge in [-0.05, 0) is 49.1 Å². The summed E-state index contributed by atoms with van der Waals surface area (Å²) in [6.07, 6.45) is 1.33. The summed E-state index contributed by atoms with van der Waals surface area (Å²) in [5, 5.41) is 7.60. The van der Waals surface area contributed by atoms with Gasteiger partial charge in [-0.25, -0.2) is 9.67 Å². The molecule has 0 radical (unpaired) electrons. The monoisotopic (exact) mass is 413 g/mol. The van der Waals surface area contributed by atoms with Crippen molar-refractivity contribution in [2.45, 2.75) is 31.9 Å². The molecule has 1 aliphatic rings. The van der Waals surface area contributed by atoms with Crippen LogP contribution in [0.3, 0.4) is 0 Å². The second kappa shape index (κ2) is 7.44. The van der Waals surface area contributed by atoms with Crippen molar-refractivity contribution >= 4 is 34.0 Å². The number of nitrogens with zero attached hydrogens (tertiary/aromatic N) is 4. The van der Waals surface area contributed by atoms with E-state index in [0.29, 0.717) is 23.2 Å². The summed E-state index contributed by atoms with van der Waals surface area (Å²) in [5.74, 6) is -0.132. The molecule has 1 aromatic carbocycles. The van der Waals surface area contributed by atoms with Gasteiger partial charge in [-0.2, -0.15) is 10.1 Å². The van der Waals surface area contributed by atoms with E-state index in [4.69, 9.17) is 16.3 Å². The minimum atomic E-state index is -4.80. The van der Waals surface area contributed by atoms with Gasteiger partial charge in [0.2, 0.25) is 5.28 Å². The Morgan fingerprint density at radius 1 is 1.25 bits per heavy atom. The predicted molar refractivity (Wildman–Crippen MR) is 95.6 cm³/mol. The van der Waals surface area contributed by atoms with E-state index in [1.54, 1.807) is 17.1 Å². The number of benzene rings is 1. The molecular formula is C17H15ClF3N5O2. The van der Waals surface area contributed by atoms with Gasteiger partial charge in [0.25, 0.3) is 0 Å². The van der Waals surface area contributed by atoms with Crippen molar-refractivity contribution in [1.29, 1.82) is 0 Å². The van der Waals surface area contributed by atoms with E-state index in [1.807, 2.05) is 0 Å². The number of ether oxygens (including phenoxy) is 2. The number of alkyl halides is 3. The van der Waals surface area contributed by atoms with Gasteiger partial charge >= 0.3 is 6.36 Å². The molecule has 11 heteroatoms. The predicted octanol–water partition coefficient (Wildman–Crippen LogP) is 4.82. The summed E-state index contributed by atoms with van der Waals surface area (Å²) in [7, 11) is 0. The number of halogens is 4. The lowest BCUT2D eigenvalue weighted by Crippen LogP contribution is -2.18. The van der Waals surface area contributed by atoms with E-state index in [0.717, 1.165) is 19.3 Å². The van der Waals surface area contributed by atoms with Crippen molar-refractivity contribution < 1.29 is 22.6 Å². The van der Waals surface area contributed by atoms with E-state index >= 15 is 0 Å². The zero-order valence-electron chi connectivity index (χ0n) is 14.4. The molecule has 0 spiro atoms. The Bertz CT molecular complexity index is 989. The first-order valence-electron chi connectivity index (χ1n) is 8.53. The maximum atomic E-state index is 12.5. The number of aromatic nitrogens is 4. The van der Waals surface area contributed by atoms with Gasteiger partial charge in [-0.15, -0.1) is 13.2 Å². The summed E-state index contributed by atoms with van der Waals surface area (Å²) in [4.78, 5) is 8.12. The highest BCUT2D eigenvalue weighted by molar-refractivity contribution is 6.28. The number of rotatable bonds is 4. The summed E-state index contributed by atoms with van der Waals surface area (Å²) in [5.41, 5.74) is 0.965. The topological polar surface area (TPSA) is 74.1 Å². The molecule has 1 unspecified atom stereocenters. The number of hydrogen-bond donors (Lipinski definition) is 1. The van der Waals surface area contributed by atoms with Gasteiger partial charge in [-0.3, -0.25) is 0 Å². The van der Waals surface area contributed by atoms with Gasteiger partial charge in [0.15, 0.2) is 0 Å². The van der Waals surface area contributed by atoms with Crippen molar-refractivity contribution in [2.75, 3.05) is 11.9 Å². The fraction of sp³-hybridized carbons (Fsp3) is 0.353. The highest BCUT2D eigenvalue weighted by Gasteiger charge is 2.31. The van der Waals surface area contributed by atoms with Crippen LogP contribution in [0.2, 0.25) is 5.28 Å². The third-order valence-electron chi connectivity index (χ3n) is 4.19. The van der Waals surface area contributed by atoms with Crippen molar-refractivity contribution in [2.24, 2.45) is 0 Å². The molecule has 2 aromatic heterocycles. The molecule has 1 aliphatic heterocycles. The largest absolute Gasteiger partial charge is 0.573 e. The maximum absolute atomic E-state index is 12.5. The second-order valence-corrected chi connectivity index (χ2v) is 6.56. The highest BCUT2D eigenvalue weighted by atomic mass is 35.5. The van der Waals surface area contributed by atoms with Crippen molar-refractivity contribution in [3.05, 3.63) is 35.9 Å². The molecule has 3 heterocycles. The minimum absolute atomic E-state index is 0.0394. The van der Waals surface area contributed by atoms with Crippen LogP contribution in [0.5, 0.6) is 5.75 Å². The Morgan fingerprint density at radius 2 is 2.11 bits per heavy atom. The number of nitrogens with one attached hydrogen (secondary N) is 1. The average Bonchev–Trinajstić information content (AvgIpc) is 3.10. The third-order valence-corrected chi connectivity index (χ3v) is 4.36. The standard InChI is InChI=1S/C17H15ClF3N5O2/c18-16-24-13-5-4-11(28-17(19,20)21)7-12(13)15(25-16)23-10-8-22-26(9-10)14-3-1-2-6-27-14/h4-5,7-9,14H,1-3,6H2,(H,23,24,25). The first-order chi connectivity index (χ1) is 13.4. The summed E-state index contributed by atoms with van der Waals surface area (Å²) in [6.45, 7) is 0.682. The molecule has 3 aromatic rings. The van der Waals surface area contributed by atoms with E-state index < -0.39 is 6.36 Å². The van der Waals surface area contributed by atoms with Gasteiger partial charge in [0, 0.05) is 12.0 Å². The zero-order valence-corrected chi connectivity index (χ0v) is 15.2. The molecule has 7 nitrogen and oxygen atoms in total. The van der Waals surface area contributed by atoms with Crippen LogP contribution in [0.4, 0.5) is 24.7 Å². The van der Waals surface area contributed by atoms with Crippen LogP contribution < -0.4 is 10.1 Å². The van der Waals surface area contributed by atoms with E-state index in [9.17, 15) is 13.2 Å². The molecule has 0 saturated carbocycles. The molecular weight excluding hydrogens is 399 g/mol. The lowest BCUT2D eigenvalue weighted by molar-refractivity contribution is -0.274. The Hall–Kier alpha value is -2.59. The minimum Gasteiger partial charge on any atom is -0.406 e. The number of fused-ring (bicyclic) bond motifs is 1. The van der Waals surface area contributed by atoms with Gasteiger partial charge in [0.05, 0.1) is 23.6 Å². The molecule has 0 aliphatic carbocycles. The van der Waals surface area contributed by atoms with Gasteiger partial charge in [-0.1, -0.05) is 0 Å². The van der Waals surface area contributed by atoms with Crippen LogP contribution in [0.15, 0.2) is 30.6 Å². The van der Waals surface area contributed by atoms with Gasteiger partial charge < -0.3 is 14.8 Å². The summed E-state index contributed by atoms with van der Waals surface area (Å²) < 4.78 is 48.9. The molecule has 148 valence electrons. The molecule has 1 fully saturated rings. The third kappa shape index (κ3) is 4.28. The van der Waals surface area contributed by atoms with Crippen molar-refractivity contribution in [3.8, 4) is 5.75 Å². The first kappa shape index (κ1) is 18.8. The highest BCUT2D eigenvalue weighted by Crippen LogP contribution is 2.31. The Kier molecular flexibility index (Phi) is 4.98. The van der Waals surface area contributed by atoms with E-state index in [1.165, 1.54) is 18.2 Å². The van der Waals surface area contributed by atoms with E-state index in [2.05, 4.69) is 25.1 Å². The molecule has 0 amide bonds. The fourth-order valence-electron chi connectivity index (χ4n) is 3.00. The van der Waals surface area contributed by atoms with E-state index in [-0.39, 0.29) is 23.1 Å². The summed E-state index contributed by atoms with van der Waals surface area (Å²) >= 11 is 5.95. The van der Waals surface area contributed by atoms with Gasteiger partial charge in [0.1, 0.15) is 17.8 Å². The molecule has 1 saturated heterocycles. The van der Waals surface area contributed by atoms with Crippen LogP contribution in [-0.4, -0.2) is 32.7 Å².